The molecular weight excluding hydrogens is 348 g/mol. The van der Waals surface area contributed by atoms with Crippen molar-refractivity contribution in [3.8, 4) is 0 Å². The van der Waals surface area contributed by atoms with Gasteiger partial charge in [0.05, 0.1) is 32.9 Å². The van der Waals surface area contributed by atoms with Crippen molar-refractivity contribution in [3.05, 3.63) is 30.3 Å². The topological polar surface area (TPSA) is 68.3 Å². The van der Waals surface area contributed by atoms with Gasteiger partial charge in [-0.25, -0.2) is 9.86 Å². The lowest BCUT2D eigenvalue weighted by atomic mass is 9.86. The predicted molar refractivity (Wildman–Crippen MR) is 102 cm³/mol. The van der Waals surface area contributed by atoms with Crippen molar-refractivity contribution < 1.29 is 23.9 Å². The standard InChI is InChI=1S/C20H30N2O5/c1-4-16-27-22(17-8-6-5-7-9-17)20(19(24)26-3)11-14-21(15-12-20)13-10-18(23)25-2/h5-9H,4,10-16H2,1-3H3. The maximum Gasteiger partial charge on any atom is 0.334 e. The Morgan fingerprint density at radius 2 is 1.78 bits per heavy atom. The number of rotatable bonds is 9. The number of para-hydroxylation sites is 1. The molecule has 0 saturated carbocycles. The van der Waals surface area contributed by atoms with E-state index >= 15 is 0 Å². The molecule has 1 fully saturated rings. The highest BCUT2D eigenvalue weighted by atomic mass is 16.7. The molecule has 0 N–H and O–H groups in total. The van der Waals surface area contributed by atoms with Crippen LogP contribution in [0.4, 0.5) is 5.69 Å². The molecular formula is C20H30N2O5. The molecule has 1 saturated heterocycles. The summed E-state index contributed by atoms with van der Waals surface area (Å²) in [5.41, 5.74) is -0.0492. The summed E-state index contributed by atoms with van der Waals surface area (Å²) in [5.74, 6) is -0.521. The molecule has 0 unspecified atom stereocenters. The number of carbonyl (C=O) groups is 2. The molecule has 0 atom stereocenters. The van der Waals surface area contributed by atoms with E-state index in [0.717, 1.165) is 12.1 Å². The highest BCUT2D eigenvalue weighted by Crippen LogP contribution is 2.35. The summed E-state index contributed by atoms with van der Waals surface area (Å²) in [6.45, 7) is 4.50. The Kier molecular flexibility index (Phi) is 8.06. The molecule has 1 heterocycles. The van der Waals surface area contributed by atoms with Gasteiger partial charge in [0, 0.05) is 19.6 Å². The Balaban J connectivity index is 2.20. The molecule has 0 bridgehead atoms. The average molecular weight is 378 g/mol. The van der Waals surface area contributed by atoms with Crippen molar-refractivity contribution in [2.45, 2.75) is 38.1 Å². The molecule has 0 aromatic heterocycles. The minimum Gasteiger partial charge on any atom is -0.469 e. The summed E-state index contributed by atoms with van der Waals surface area (Å²) in [4.78, 5) is 32.4. The Morgan fingerprint density at radius 3 is 2.33 bits per heavy atom. The zero-order chi connectivity index (χ0) is 19.7. The van der Waals surface area contributed by atoms with Gasteiger partial charge in [0.15, 0.2) is 5.54 Å². The van der Waals surface area contributed by atoms with Crippen LogP contribution in [-0.4, -0.2) is 62.8 Å². The lowest BCUT2D eigenvalue weighted by molar-refractivity contribution is -0.154. The fraction of sp³-hybridized carbons (Fsp3) is 0.600. The third-order valence-electron chi connectivity index (χ3n) is 4.91. The zero-order valence-corrected chi connectivity index (χ0v) is 16.5. The molecule has 0 spiro atoms. The number of likely N-dealkylation sites (tertiary alicyclic amines) is 1. The van der Waals surface area contributed by atoms with Crippen molar-refractivity contribution >= 4 is 17.6 Å². The van der Waals surface area contributed by atoms with Gasteiger partial charge in [-0.05, 0) is 31.4 Å². The number of hydrogen-bond donors (Lipinski definition) is 0. The normalized spacial score (nSPS) is 16.6. The fourth-order valence-corrected chi connectivity index (χ4v) is 3.37. The summed E-state index contributed by atoms with van der Waals surface area (Å²) < 4.78 is 9.88. The Hall–Kier alpha value is -2.12. The van der Waals surface area contributed by atoms with Gasteiger partial charge in [0.2, 0.25) is 0 Å². The molecule has 7 heteroatoms. The third kappa shape index (κ3) is 5.20. The Morgan fingerprint density at radius 1 is 1.11 bits per heavy atom. The van der Waals surface area contributed by atoms with Crippen LogP contribution in [0.2, 0.25) is 0 Å². The second-order valence-corrected chi connectivity index (χ2v) is 6.65. The van der Waals surface area contributed by atoms with E-state index in [1.807, 2.05) is 37.3 Å². The van der Waals surface area contributed by atoms with Crippen molar-refractivity contribution in [1.29, 1.82) is 0 Å². The van der Waals surface area contributed by atoms with E-state index in [2.05, 4.69) is 4.90 Å². The Labute approximate surface area is 161 Å². The van der Waals surface area contributed by atoms with Crippen LogP contribution in [0.15, 0.2) is 30.3 Å². The third-order valence-corrected chi connectivity index (χ3v) is 4.91. The van der Waals surface area contributed by atoms with Crippen molar-refractivity contribution in [1.82, 2.24) is 4.90 Å². The van der Waals surface area contributed by atoms with E-state index in [-0.39, 0.29) is 11.9 Å². The monoisotopic (exact) mass is 378 g/mol. The predicted octanol–water partition coefficient (Wildman–Crippen LogP) is 2.41. The van der Waals surface area contributed by atoms with Crippen LogP contribution in [-0.2, 0) is 23.9 Å². The number of hydroxylamine groups is 1. The van der Waals surface area contributed by atoms with Crippen molar-refractivity contribution in [3.63, 3.8) is 0 Å². The number of benzene rings is 1. The van der Waals surface area contributed by atoms with Gasteiger partial charge in [-0.2, -0.15) is 0 Å². The lowest BCUT2D eigenvalue weighted by Crippen LogP contribution is -2.61. The molecule has 27 heavy (non-hydrogen) atoms. The van der Waals surface area contributed by atoms with Crippen LogP contribution in [0.25, 0.3) is 0 Å². The van der Waals surface area contributed by atoms with Gasteiger partial charge in [-0.3, -0.25) is 9.63 Å². The van der Waals surface area contributed by atoms with Crippen LogP contribution in [0, 0.1) is 0 Å². The first-order valence-corrected chi connectivity index (χ1v) is 9.43. The molecule has 0 amide bonds. The number of anilines is 1. The number of carbonyl (C=O) groups excluding carboxylic acids is 2. The largest absolute Gasteiger partial charge is 0.469 e. The van der Waals surface area contributed by atoms with Gasteiger partial charge in [0.25, 0.3) is 0 Å². The molecule has 1 aliphatic heterocycles. The highest BCUT2D eigenvalue weighted by molar-refractivity contribution is 5.85. The van der Waals surface area contributed by atoms with Crippen molar-refractivity contribution in [2.24, 2.45) is 0 Å². The summed E-state index contributed by atoms with van der Waals surface area (Å²) in [7, 11) is 2.81. The molecule has 1 aromatic rings. The SMILES string of the molecule is CCCON(c1ccccc1)C1(C(=O)OC)CCN(CCC(=O)OC)CC1. The molecule has 0 radical (unpaired) electrons. The molecule has 1 aromatic carbocycles. The van der Waals surface area contributed by atoms with Crippen LogP contribution in [0.3, 0.4) is 0 Å². The second-order valence-electron chi connectivity index (χ2n) is 6.65. The fourth-order valence-electron chi connectivity index (χ4n) is 3.37. The molecule has 2 rings (SSSR count). The highest BCUT2D eigenvalue weighted by Gasteiger charge is 2.49. The van der Waals surface area contributed by atoms with Gasteiger partial charge >= 0.3 is 11.9 Å². The van der Waals surface area contributed by atoms with Gasteiger partial charge in [-0.15, -0.1) is 0 Å². The van der Waals surface area contributed by atoms with E-state index < -0.39 is 5.54 Å². The van der Waals surface area contributed by atoms with Crippen LogP contribution >= 0.6 is 0 Å². The van der Waals surface area contributed by atoms with E-state index in [9.17, 15) is 9.59 Å². The van der Waals surface area contributed by atoms with E-state index in [1.165, 1.54) is 14.2 Å². The molecule has 7 nitrogen and oxygen atoms in total. The van der Waals surface area contributed by atoms with Crippen LogP contribution in [0.1, 0.15) is 32.6 Å². The van der Waals surface area contributed by atoms with Gasteiger partial charge in [0.1, 0.15) is 0 Å². The van der Waals surface area contributed by atoms with Crippen LogP contribution in [0.5, 0.6) is 0 Å². The number of nitrogens with zero attached hydrogens (tertiary/aromatic N) is 2. The summed E-state index contributed by atoms with van der Waals surface area (Å²) in [6, 6.07) is 9.65. The summed E-state index contributed by atoms with van der Waals surface area (Å²) in [6.07, 6.45) is 2.29. The first-order valence-electron chi connectivity index (χ1n) is 9.43. The van der Waals surface area contributed by atoms with E-state index in [0.29, 0.717) is 45.5 Å². The number of esters is 2. The van der Waals surface area contributed by atoms with Crippen LogP contribution < -0.4 is 5.06 Å². The Bertz CT molecular complexity index is 600. The maximum atomic E-state index is 12.8. The van der Waals surface area contributed by atoms with Gasteiger partial charge < -0.3 is 14.4 Å². The number of piperidine rings is 1. The number of hydrogen-bond acceptors (Lipinski definition) is 7. The van der Waals surface area contributed by atoms with E-state index in [1.54, 1.807) is 5.06 Å². The minimum atomic E-state index is -0.882. The van der Waals surface area contributed by atoms with Crippen molar-refractivity contribution in [2.75, 3.05) is 45.5 Å². The average Bonchev–Trinajstić information content (AvgIpc) is 2.73. The zero-order valence-electron chi connectivity index (χ0n) is 16.5. The summed E-state index contributed by atoms with van der Waals surface area (Å²) in [5, 5.41) is 1.74. The second kappa shape index (κ2) is 10.3. The molecule has 150 valence electrons. The molecule has 1 aliphatic rings. The minimum absolute atomic E-state index is 0.225. The van der Waals surface area contributed by atoms with Gasteiger partial charge in [-0.1, -0.05) is 25.1 Å². The number of ether oxygens (including phenoxy) is 2. The first-order chi connectivity index (χ1) is 13.1. The smallest absolute Gasteiger partial charge is 0.334 e. The van der Waals surface area contributed by atoms with E-state index in [4.69, 9.17) is 14.3 Å². The maximum absolute atomic E-state index is 12.8. The number of methoxy groups -OCH3 is 2. The quantitative estimate of drug-likeness (QED) is 0.483. The molecule has 0 aliphatic carbocycles. The lowest BCUT2D eigenvalue weighted by Gasteiger charge is -2.46. The first kappa shape index (κ1) is 21.2. The summed E-state index contributed by atoms with van der Waals surface area (Å²) >= 11 is 0.